The molecule has 2 aromatic rings. The molecule has 0 atom stereocenters. The van der Waals surface area contributed by atoms with E-state index in [1.54, 1.807) is 31.2 Å². The van der Waals surface area contributed by atoms with Crippen molar-refractivity contribution < 1.29 is 23.8 Å². The zero-order valence-corrected chi connectivity index (χ0v) is 19.6. The largest absolute Gasteiger partial charge is 0.496 e. The summed E-state index contributed by atoms with van der Waals surface area (Å²) in [7, 11) is 1.62. The molecular formula is C24H30N4O5. The van der Waals surface area contributed by atoms with Gasteiger partial charge >= 0.3 is 6.09 Å². The van der Waals surface area contributed by atoms with Gasteiger partial charge in [0.1, 0.15) is 11.5 Å². The van der Waals surface area contributed by atoms with Crippen molar-refractivity contribution in [1.82, 2.24) is 10.3 Å². The van der Waals surface area contributed by atoms with Gasteiger partial charge in [-0.1, -0.05) is 0 Å². The molecule has 1 N–H and O–H groups in total. The number of nitrogens with one attached hydrogen (secondary N) is 1. The van der Waals surface area contributed by atoms with E-state index in [0.29, 0.717) is 31.2 Å². The smallest absolute Gasteiger partial charge is 0.412 e. The van der Waals surface area contributed by atoms with Crippen LogP contribution in [0.4, 0.5) is 16.2 Å². The lowest BCUT2D eigenvalue weighted by molar-refractivity contribution is -0.116. The monoisotopic (exact) mass is 454 g/mol. The number of pyridine rings is 1. The molecular weight excluding hydrogens is 424 g/mol. The minimum absolute atomic E-state index is 0.0295. The summed E-state index contributed by atoms with van der Waals surface area (Å²) in [5.74, 6) is 1.12. The molecule has 1 fully saturated rings. The van der Waals surface area contributed by atoms with Gasteiger partial charge in [0.15, 0.2) is 0 Å². The summed E-state index contributed by atoms with van der Waals surface area (Å²) in [6, 6.07) is 3.65. The zero-order valence-electron chi connectivity index (χ0n) is 19.6. The molecule has 0 saturated carbocycles. The minimum Gasteiger partial charge on any atom is -0.496 e. The van der Waals surface area contributed by atoms with Crippen LogP contribution in [-0.4, -0.2) is 56.9 Å². The maximum absolute atomic E-state index is 12.6. The van der Waals surface area contributed by atoms with Crippen LogP contribution in [0.2, 0.25) is 0 Å². The van der Waals surface area contributed by atoms with Crippen LogP contribution in [0.1, 0.15) is 29.3 Å². The fraction of sp³-hybridized carbons (Fsp3) is 0.458. The number of aryl methyl sites for hydroxylation is 1. The van der Waals surface area contributed by atoms with E-state index in [0.717, 1.165) is 53.3 Å². The number of carbonyl (C=O) groups is 2. The van der Waals surface area contributed by atoms with E-state index >= 15 is 0 Å². The number of ether oxygens (including phenoxy) is 3. The van der Waals surface area contributed by atoms with Gasteiger partial charge in [-0.15, -0.1) is 0 Å². The van der Waals surface area contributed by atoms with Crippen LogP contribution in [0.5, 0.6) is 11.5 Å². The lowest BCUT2D eigenvalue weighted by Crippen LogP contribution is -2.36. The van der Waals surface area contributed by atoms with E-state index in [1.807, 2.05) is 19.9 Å². The second-order valence-electron chi connectivity index (χ2n) is 8.25. The van der Waals surface area contributed by atoms with Gasteiger partial charge in [0.25, 0.3) is 0 Å². The Morgan fingerprint density at radius 1 is 1.15 bits per heavy atom. The van der Waals surface area contributed by atoms with Gasteiger partial charge in [0, 0.05) is 67.3 Å². The van der Waals surface area contributed by atoms with E-state index in [1.165, 1.54) is 0 Å². The molecule has 9 nitrogen and oxygen atoms in total. The number of amides is 2. The first-order valence-corrected chi connectivity index (χ1v) is 11.1. The van der Waals surface area contributed by atoms with Crippen molar-refractivity contribution >= 4 is 23.4 Å². The fourth-order valence-electron chi connectivity index (χ4n) is 4.48. The molecule has 0 aliphatic carbocycles. The third-order valence-electron chi connectivity index (χ3n) is 6.14. The van der Waals surface area contributed by atoms with Gasteiger partial charge in [0.05, 0.1) is 38.2 Å². The summed E-state index contributed by atoms with van der Waals surface area (Å²) >= 11 is 0. The van der Waals surface area contributed by atoms with Crippen LogP contribution in [0.3, 0.4) is 0 Å². The molecule has 0 unspecified atom stereocenters. The molecule has 1 aromatic heterocycles. The number of morpholine rings is 1. The van der Waals surface area contributed by atoms with Crippen LogP contribution < -0.4 is 24.6 Å². The summed E-state index contributed by atoms with van der Waals surface area (Å²) in [5.41, 5.74) is 5.41. The number of carbonyl (C=O) groups excluding carboxylic acids is 2. The minimum atomic E-state index is -0.587. The zero-order chi connectivity index (χ0) is 23.5. The SMILES string of the molecule is COc1c(C)cnc(CNC(=O)Oc2cc(N3CCOCC3)c3c(c2)N(C(C)=O)CC3)c1C. The Labute approximate surface area is 193 Å². The number of anilines is 2. The third kappa shape index (κ3) is 4.73. The number of nitrogens with zero attached hydrogens (tertiary/aromatic N) is 3. The summed E-state index contributed by atoms with van der Waals surface area (Å²) in [6.07, 6.45) is 1.91. The van der Waals surface area contributed by atoms with Crippen molar-refractivity contribution in [3.05, 3.63) is 40.7 Å². The van der Waals surface area contributed by atoms with Crippen molar-refractivity contribution in [3.8, 4) is 11.5 Å². The quantitative estimate of drug-likeness (QED) is 0.743. The van der Waals surface area contributed by atoms with Crippen molar-refractivity contribution in [3.63, 3.8) is 0 Å². The highest BCUT2D eigenvalue weighted by atomic mass is 16.6. The van der Waals surface area contributed by atoms with E-state index in [9.17, 15) is 9.59 Å². The molecule has 176 valence electrons. The Bertz CT molecular complexity index is 1070. The van der Waals surface area contributed by atoms with Crippen molar-refractivity contribution in [2.75, 3.05) is 49.8 Å². The molecule has 1 saturated heterocycles. The number of hydrogen-bond donors (Lipinski definition) is 1. The molecule has 0 spiro atoms. The average molecular weight is 455 g/mol. The highest BCUT2D eigenvalue weighted by Gasteiger charge is 2.29. The molecule has 1 aromatic carbocycles. The highest BCUT2D eigenvalue weighted by Crippen LogP contribution is 2.40. The summed E-state index contributed by atoms with van der Waals surface area (Å²) in [6.45, 7) is 9.01. The predicted octanol–water partition coefficient (Wildman–Crippen LogP) is 2.74. The number of rotatable bonds is 5. The molecule has 0 radical (unpaired) electrons. The Balaban J connectivity index is 1.53. The van der Waals surface area contributed by atoms with Gasteiger partial charge in [-0.2, -0.15) is 0 Å². The number of benzene rings is 1. The molecule has 2 aliphatic rings. The lowest BCUT2D eigenvalue weighted by atomic mass is 10.1. The molecule has 4 rings (SSSR count). The highest BCUT2D eigenvalue weighted by molar-refractivity contribution is 5.95. The standard InChI is InChI=1S/C24H30N4O5/c1-15-13-25-20(16(2)23(15)31-4)14-26-24(30)33-18-11-21(27-7-9-32-10-8-27)19-5-6-28(17(3)29)22(19)12-18/h11-13H,5-10,14H2,1-4H3,(H,26,30). The Hall–Kier alpha value is -3.33. The van der Waals surface area contributed by atoms with Gasteiger partial charge in [-0.05, 0) is 20.3 Å². The van der Waals surface area contributed by atoms with Crippen molar-refractivity contribution in [2.24, 2.45) is 0 Å². The van der Waals surface area contributed by atoms with E-state index in [2.05, 4.69) is 15.2 Å². The normalized spacial score (nSPS) is 15.3. The molecule has 2 aliphatic heterocycles. The number of aromatic nitrogens is 1. The van der Waals surface area contributed by atoms with Gasteiger partial charge in [-0.25, -0.2) is 4.79 Å². The topological polar surface area (TPSA) is 93.2 Å². The molecule has 3 heterocycles. The molecule has 33 heavy (non-hydrogen) atoms. The van der Waals surface area contributed by atoms with Crippen LogP contribution in [-0.2, 0) is 22.5 Å². The number of hydrogen-bond acceptors (Lipinski definition) is 7. The van der Waals surface area contributed by atoms with E-state index in [4.69, 9.17) is 14.2 Å². The second-order valence-corrected chi connectivity index (χ2v) is 8.25. The average Bonchev–Trinajstić information content (AvgIpc) is 3.23. The van der Waals surface area contributed by atoms with Crippen LogP contribution in [0, 0.1) is 13.8 Å². The molecule has 9 heteroatoms. The van der Waals surface area contributed by atoms with Gasteiger partial charge in [0.2, 0.25) is 5.91 Å². The first-order valence-electron chi connectivity index (χ1n) is 11.1. The maximum atomic E-state index is 12.6. The van der Waals surface area contributed by atoms with Gasteiger partial charge in [-0.3, -0.25) is 9.78 Å². The van der Waals surface area contributed by atoms with E-state index < -0.39 is 6.09 Å². The third-order valence-corrected chi connectivity index (χ3v) is 6.14. The van der Waals surface area contributed by atoms with E-state index in [-0.39, 0.29) is 12.5 Å². The first-order chi connectivity index (χ1) is 15.9. The van der Waals surface area contributed by atoms with Crippen LogP contribution in [0.25, 0.3) is 0 Å². The molecule has 2 amide bonds. The fourth-order valence-corrected chi connectivity index (χ4v) is 4.48. The molecule has 0 bridgehead atoms. The summed E-state index contributed by atoms with van der Waals surface area (Å²) < 4.78 is 16.6. The summed E-state index contributed by atoms with van der Waals surface area (Å²) in [5, 5.41) is 2.77. The van der Waals surface area contributed by atoms with Crippen molar-refractivity contribution in [1.29, 1.82) is 0 Å². The Kier molecular flexibility index (Phi) is 6.69. The van der Waals surface area contributed by atoms with Crippen LogP contribution in [0.15, 0.2) is 18.3 Å². The Morgan fingerprint density at radius 2 is 1.88 bits per heavy atom. The van der Waals surface area contributed by atoms with Gasteiger partial charge < -0.3 is 29.3 Å². The number of fused-ring (bicyclic) bond motifs is 1. The van der Waals surface area contributed by atoms with Crippen LogP contribution >= 0.6 is 0 Å². The first kappa shape index (κ1) is 22.8. The Morgan fingerprint density at radius 3 is 2.58 bits per heavy atom. The maximum Gasteiger partial charge on any atom is 0.412 e. The second kappa shape index (κ2) is 9.66. The summed E-state index contributed by atoms with van der Waals surface area (Å²) in [4.78, 5) is 33.1. The number of methoxy groups -OCH3 is 1. The lowest BCUT2D eigenvalue weighted by Gasteiger charge is -2.31. The van der Waals surface area contributed by atoms with Crippen molar-refractivity contribution in [2.45, 2.75) is 33.7 Å². The predicted molar refractivity (Wildman–Crippen MR) is 124 cm³/mol.